The average molecular weight is 595 g/mol. The Balaban J connectivity index is 1.79. The molecule has 0 bridgehead atoms. The van der Waals surface area contributed by atoms with Crippen molar-refractivity contribution in [3.8, 4) is 0 Å². The summed E-state index contributed by atoms with van der Waals surface area (Å²) in [4.78, 5) is -0.653. The van der Waals surface area contributed by atoms with Crippen LogP contribution in [0, 0.1) is 20.8 Å². The maximum atomic E-state index is 13.4. The summed E-state index contributed by atoms with van der Waals surface area (Å²) in [5.41, 5.74) is 2.41. The largest absolute Gasteiger partial charge is 0.299 e. The van der Waals surface area contributed by atoms with Crippen molar-refractivity contribution in [2.75, 3.05) is 0 Å². The summed E-state index contributed by atoms with van der Waals surface area (Å²) in [5.74, 6) is -2.48. The molecule has 1 atom stereocenters. The van der Waals surface area contributed by atoms with E-state index >= 15 is 0 Å². The second-order valence-electron chi connectivity index (χ2n) is 9.61. The zero-order valence-corrected chi connectivity index (χ0v) is 24.2. The van der Waals surface area contributed by atoms with E-state index in [9.17, 15) is 25.3 Å². The SMILES string of the molecule is Cc1ccc(S(=O)(=O)OC2CCCCC2(OS(=O)(=O)c2ccc(C)cc2)OS(=O)(=O)c2ccc(C)cc2)cc1. The van der Waals surface area contributed by atoms with Crippen LogP contribution in [0.1, 0.15) is 42.4 Å². The van der Waals surface area contributed by atoms with E-state index in [-0.39, 0.29) is 27.5 Å². The number of aryl methyl sites for hydroxylation is 3. The summed E-state index contributed by atoms with van der Waals surface area (Å²) in [6.45, 7) is 5.34. The highest BCUT2D eigenvalue weighted by molar-refractivity contribution is 7.87. The van der Waals surface area contributed by atoms with Crippen molar-refractivity contribution in [3.63, 3.8) is 0 Å². The molecule has 3 aromatic carbocycles. The lowest BCUT2D eigenvalue weighted by atomic mass is 9.92. The molecule has 0 aliphatic heterocycles. The standard InChI is InChI=1S/C27H30O9S3/c1-20-7-13-23(14-8-20)37(28,29)34-26-6-4-5-19-27(26,35-38(30,31)24-15-9-21(2)10-16-24)36-39(32,33)25-17-11-22(3)12-18-25/h7-18,26H,4-6,19H2,1-3H3. The zero-order valence-electron chi connectivity index (χ0n) is 21.7. The van der Waals surface area contributed by atoms with Crippen molar-refractivity contribution in [3.05, 3.63) is 89.5 Å². The van der Waals surface area contributed by atoms with Crippen LogP contribution in [-0.2, 0) is 42.9 Å². The molecule has 210 valence electrons. The summed E-state index contributed by atoms with van der Waals surface area (Å²) >= 11 is 0. The third-order valence-electron chi connectivity index (χ3n) is 6.41. The Morgan fingerprint density at radius 1 is 0.564 bits per heavy atom. The highest BCUT2D eigenvalue weighted by Gasteiger charge is 2.53. The van der Waals surface area contributed by atoms with Crippen LogP contribution in [0.5, 0.6) is 0 Å². The van der Waals surface area contributed by atoms with Gasteiger partial charge in [0.25, 0.3) is 30.4 Å². The van der Waals surface area contributed by atoms with E-state index < -0.39 is 42.2 Å². The van der Waals surface area contributed by atoms with Gasteiger partial charge in [-0.25, -0.2) is 8.37 Å². The molecule has 1 unspecified atom stereocenters. The lowest BCUT2D eigenvalue weighted by Gasteiger charge is -2.40. The van der Waals surface area contributed by atoms with Crippen LogP contribution in [0.2, 0.25) is 0 Å². The summed E-state index contributed by atoms with van der Waals surface area (Å²) in [7, 11) is -13.7. The van der Waals surface area contributed by atoms with Crippen LogP contribution in [-0.4, -0.2) is 37.1 Å². The van der Waals surface area contributed by atoms with E-state index in [4.69, 9.17) is 12.5 Å². The molecule has 0 N–H and O–H groups in total. The number of rotatable bonds is 9. The van der Waals surface area contributed by atoms with Gasteiger partial charge in [0.05, 0.1) is 14.7 Å². The van der Waals surface area contributed by atoms with Gasteiger partial charge in [0, 0.05) is 6.42 Å². The Bertz CT molecular complexity index is 1550. The topological polar surface area (TPSA) is 130 Å². The lowest BCUT2D eigenvalue weighted by Crippen LogP contribution is -2.53. The number of hydrogen-bond donors (Lipinski definition) is 0. The van der Waals surface area contributed by atoms with Crippen molar-refractivity contribution in [1.29, 1.82) is 0 Å². The first kappa shape index (κ1) is 29.4. The zero-order chi connectivity index (χ0) is 28.5. The normalized spacial score (nSPS) is 18.1. The van der Waals surface area contributed by atoms with Crippen molar-refractivity contribution in [2.45, 2.75) is 73.0 Å². The fourth-order valence-electron chi connectivity index (χ4n) is 4.20. The molecule has 1 saturated carbocycles. The first-order chi connectivity index (χ1) is 18.2. The van der Waals surface area contributed by atoms with Crippen molar-refractivity contribution in [1.82, 2.24) is 0 Å². The lowest BCUT2D eigenvalue weighted by molar-refractivity contribution is -0.188. The second-order valence-corrected chi connectivity index (χ2v) is 14.3. The summed E-state index contributed by atoms with van der Waals surface area (Å²) < 4.78 is 96.7. The van der Waals surface area contributed by atoms with Crippen LogP contribution >= 0.6 is 0 Å². The molecule has 0 amide bonds. The highest BCUT2D eigenvalue weighted by Crippen LogP contribution is 2.41. The van der Waals surface area contributed by atoms with Crippen LogP contribution in [0.15, 0.2) is 87.5 Å². The van der Waals surface area contributed by atoms with Gasteiger partial charge in [-0.05, 0) is 70.0 Å². The van der Waals surface area contributed by atoms with Gasteiger partial charge in [-0.2, -0.15) is 25.3 Å². The van der Waals surface area contributed by atoms with Crippen molar-refractivity contribution in [2.24, 2.45) is 0 Å². The Morgan fingerprint density at radius 2 is 0.923 bits per heavy atom. The van der Waals surface area contributed by atoms with Gasteiger partial charge >= 0.3 is 0 Å². The number of hydrogen-bond acceptors (Lipinski definition) is 9. The van der Waals surface area contributed by atoms with Crippen LogP contribution < -0.4 is 0 Å². The van der Waals surface area contributed by atoms with E-state index in [1.807, 2.05) is 0 Å². The molecule has 4 rings (SSSR count). The average Bonchev–Trinajstić information content (AvgIpc) is 2.86. The number of benzene rings is 3. The van der Waals surface area contributed by atoms with Gasteiger partial charge in [0.2, 0.25) is 5.79 Å². The smallest absolute Gasteiger partial charge is 0.257 e. The van der Waals surface area contributed by atoms with Crippen molar-refractivity contribution >= 4 is 30.4 Å². The first-order valence-corrected chi connectivity index (χ1v) is 16.5. The molecule has 0 aromatic heterocycles. The van der Waals surface area contributed by atoms with E-state index in [2.05, 4.69) is 0 Å². The quantitative estimate of drug-likeness (QED) is 0.254. The van der Waals surface area contributed by atoms with Gasteiger partial charge in [0.1, 0.15) is 6.10 Å². The van der Waals surface area contributed by atoms with E-state index in [0.717, 1.165) is 16.7 Å². The highest BCUT2D eigenvalue weighted by atomic mass is 32.2. The molecule has 1 aliphatic rings. The van der Waals surface area contributed by atoms with Crippen LogP contribution in [0.4, 0.5) is 0 Å². The van der Waals surface area contributed by atoms with E-state index in [1.165, 1.54) is 36.4 Å². The summed E-state index contributed by atoms with van der Waals surface area (Å²) in [6, 6.07) is 17.4. The molecular weight excluding hydrogens is 564 g/mol. The molecule has 0 heterocycles. The summed E-state index contributed by atoms with van der Waals surface area (Å²) in [5, 5.41) is 0. The molecule has 0 radical (unpaired) electrons. The third kappa shape index (κ3) is 6.76. The van der Waals surface area contributed by atoms with Gasteiger partial charge in [-0.15, -0.1) is 0 Å². The Hall–Kier alpha value is -2.61. The fourth-order valence-corrected chi connectivity index (χ4v) is 7.69. The fraction of sp³-hybridized carbons (Fsp3) is 0.333. The van der Waals surface area contributed by atoms with Crippen LogP contribution in [0.25, 0.3) is 0 Å². The molecule has 3 aromatic rings. The Labute approximate surface area is 230 Å². The molecule has 39 heavy (non-hydrogen) atoms. The maximum absolute atomic E-state index is 13.4. The van der Waals surface area contributed by atoms with Gasteiger partial charge in [-0.1, -0.05) is 59.5 Å². The minimum atomic E-state index is -4.62. The van der Waals surface area contributed by atoms with E-state index in [0.29, 0.717) is 12.8 Å². The summed E-state index contributed by atoms with van der Waals surface area (Å²) in [6.07, 6.45) is -1.14. The van der Waals surface area contributed by atoms with Crippen LogP contribution in [0.3, 0.4) is 0 Å². The van der Waals surface area contributed by atoms with E-state index in [1.54, 1.807) is 57.2 Å². The molecule has 0 saturated heterocycles. The monoisotopic (exact) mass is 594 g/mol. The van der Waals surface area contributed by atoms with Gasteiger partial charge in [-0.3, -0.25) is 4.18 Å². The van der Waals surface area contributed by atoms with Gasteiger partial charge < -0.3 is 0 Å². The predicted molar refractivity (Wildman–Crippen MR) is 143 cm³/mol. The molecular formula is C27H30O9S3. The molecule has 1 aliphatic carbocycles. The molecule has 1 fully saturated rings. The van der Waals surface area contributed by atoms with Gasteiger partial charge in [0.15, 0.2) is 0 Å². The third-order valence-corrected chi connectivity index (χ3v) is 10.4. The molecule has 12 heteroatoms. The molecule has 0 spiro atoms. The second kappa shape index (κ2) is 11.1. The minimum absolute atomic E-state index is 0.0298. The minimum Gasteiger partial charge on any atom is -0.257 e. The molecule has 9 nitrogen and oxygen atoms in total. The Kier molecular flexibility index (Phi) is 8.36. The predicted octanol–water partition coefficient (Wildman–Crippen LogP) is 4.77. The van der Waals surface area contributed by atoms with Crippen molar-refractivity contribution < 1.29 is 37.8 Å². The first-order valence-electron chi connectivity index (χ1n) is 12.3. The Morgan fingerprint density at radius 3 is 1.31 bits per heavy atom. The maximum Gasteiger partial charge on any atom is 0.299 e.